The first kappa shape index (κ1) is 18.1. The Hall–Kier alpha value is -3.31. The number of fused-ring (bicyclic) bond motifs is 1. The van der Waals surface area contributed by atoms with E-state index >= 15 is 0 Å². The van der Waals surface area contributed by atoms with Crippen molar-refractivity contribution < 1.29 is 0 Å². The average Bonchev–Trinajstić information content (AvgIpc) is 2.73. The number of hydrogen-bond donors (Lipinski definition) is 1. The highest BCUT2D eigenvalue weighted by Gasteiger charge is 2.09. The zero-order valence-corrected chi connectivity index (χ0v) is 16.1. The van der Waals surface area contributed by atoms with Crippen LogP contribution in [0.3, 0.4) is 0 Å². The molecule has 0 saturated heterocycles. The number of aromatic nitrogens is 3. The third-order valence-corrected chi connectivity index (χ3v) is 4.50. The van der Waals surface area contributed by atoms with Crippen LogP contribution >= 0.6 is 0 Å². The summed E-state index contributed by atoms with van der Waals surface area (Å²) in [5.74, 6) is 1.51. The fourth-order valence-electron chi connectivity index (χ4n) is 3.15. The standard InChI is InChI=1S/C23H23N5/c1-28(2)16-18-11-9-17(10-12-18)14-25-23-20-7-3-4-8-21(20)26-22(27-23)19-6-5-13-24-15-19/h3-13,15H,14,16H2,1-2H3,(H,25,26,27). The number of para-hydroxylation sites is 1. The Labute approximate surface area is 165 Å². The summed E-state index contributed by atoms with van der Waals surface area (Å²) in [5.41, 5.74) is 4.35. The van der Waals surface area contributed by atoms with E-state index in [1.807, 2.05) is 36.4 Å². The van der Waals surface area contributed by atoms with Gasteiger partial charge in [-0.1, -0.05) is 36.4 Å². The Morgan fingerprint density at radius 1 is 0.857 bits per heavy atom. The minimum Gasteiger partial charge on any atom is -0.365 e. The lowest BCUT2D eigenvalue weighted by molar-refractivity contribution is 0.402. The average molecular weight is 369 g/mol. The van der Waals surface area contributed by atoms with E-state index in [2.05, 4.69) is 53.6 Å². The third-order valence-electron chi connectivity index (χ3n) is 4.50. The maximum Gasteiger partial charge on any atom is 0.163 e. The van der Waals surface area contributed by atoms with E-state index in [9.17, 15) is 0 Å². The van der Waals surface area contributed by atoms with Crippen LogP contribution in [-0.4, -0.2) is 33.9 Å². The van der Waals surface area contributed by atoms with Gasteiger partial charge in [-0.2, -0.15) is 0 Å². The van der Waals surface area contributed by atoms with Gasteiger partial charge in [0.15, 0.2) is 5.82 Å². The van der Waals surface area contributed by atoms with E-state index in [4.69, 9.17) is 9.97 Å². The van der Waals surface area contributed by atoms with E-state index in [1.54, 1.807) is 12.4 Å². The Balaban J connectivity index is 1.61. The van der Waals surface area contributed by atoms with Crippen LogP contribution in [0.2, 0.25) is 0 Å². The summed E-state index contributed by atoms with van der Waals surface area (Å²) in [5, 5.41) is 4.51. The molecule has 0 aliphatic heterocycles. The molecule has 0 unspecified atom stereocenters. The van der Waals surface area contributed by atoms with E-state index in [1.165, 1.54) is 11.1 Å². The van der Waals surface area contributed by atoms with Crippen molar-refractivity contribution >= 4 is 16.7 Å². The second-order valence-corrected chi connectivity index (χ2v) is 7.06. The molecule has 0 aliphatic rings. The summed E-state index contributed by atoms with van der Waals surface area (Å²) < 4.78 is 0. The zero-order valence-electron chi connectivity index (χ0n) is 16.1. The Morgan fingerprint density at radius 2 is 1.64 bits per heavy atom. The van der Waals surface area contributed by atoms with Crippen molar-refractivity contribution in [3.63, 3.8) is 0 Å². The minimum atomic E-state index is 0.677. The number of rotatable bonds is 6. The lowest BCUT2D eigenvalue weighted by Gasteiger charge is -2.12. The number of benzene rings is 2. The number of anilines is 1. The summed E-state index contributed by atoms with van der Waals surface area (Å²) in [6.07, 6.45) is 3.54. The first-order valence-corrected chi connectivity index (χ1v) is 9.32. The Morgan fingerprint density at radius 3 is 2.39 bits per heavy atom. The molecular formula is C23H23N5. The molecule has 2 aromatic heterocycles. The molecule has 0 spiro atoms. The highest BCUT2D eigenvalue weighted by Crippen LogP contribution is 2.25. The Kier molecular flexibility index (Phi) is 5.26. The maximum atomic E-state index is 4.77. The van der Waals surface area contributed by atoms with Gasteiger partial charge in [0.1, 0.15) is 5.82 Å². The first-order valence-electron chi connectivity index (χ1n) is 9.32. The summed E-state index contributed by atoms with van der Waals surface area (Å²) >= 11 is 0. The lowest BCUT2D eigenvalue weighted by atomic mass is 10.1. The van der Waals surface area contributed by atoms with Crippen molar-refractivity contribution in [3.8, 4) is 11.4 Å². The highest BCUT2D eigenvalue weighted by atomic mass is 15.0. The van der Waals surface area contributed by atoms with Crippen molar-refractivity contribution in [2.75, 3.05) is 19.4 Å². The monoisotopic (exact) mass is 369 g/mol. The number of nitrogens with one attached hydrogen (secondary N) is 1. The molecule has 2 aromatic carbocycles. The molecule has 2 heterocycles. The fraction of sp³-hybridized carbons (Fsp3) is 0.174. The molecule has 0 bridgehead atoms. The zero-order chi connectivity index (χ0) is 19.3. The van der Waals surface area contributed by atoms with Gasteiger partial charge in [0.2, 0.25) is 0 Å². The molecule has 0 fully saturated rings. The van der Waals surface area contributed by atoms with Crippen LogP contribution in [0.15, 0.2) is 73.1 Å². The van der Waals surface area contributed by atoms with Gasteiger partial charge >= 0.3 is 0 Å². The lowest BCUT2D eigenvalue weighted by Crippen LogP contribution is -2.10. The summed E-state index contributed by atoms with van der Waals surface area (Å²) in [7, 11) is 4.16. The second-order valence-electron chi connectivity index (χ2n) is 7.06. The smallest absolute Gasteiger partial charge is 0.163 e. The van der Waals surface area contributed by atoms with E-state index in [0.29, 0.717) is 12.4 Å². The molecule has 5 nitrogen and oxygen atoms in total. The van der Waals surface area contributed by atoms with Gasteiger partial charge in [-0.15, -0.1) is 0 Å². The number of pyridine rings is 1. The maximum absolute atomic E-state index is 4.77. The van der Waals surface area contributed by atoms with Gasteiger partial charge in [-0.05, 0) is 49.5 Å². The van der Waals surface area contributed by atoms with Crippen LogP contribution in [0.5, 0.6) is 0 Å². The van der Waals surface area contributed by atoms with Crippen molar-refractivity contribution in [1.82, 2.24) is 19.9 Å². The van der Waals surface area contributed by atoms with Gasteiger partial charge in [-0.25, -0.2) is 9.97 Å². The highest BCUT2D eigenvalue weighted by molar-refractivity contribution is 5.90. The molecule has 0 amide bonds. The predicted molar refractivity (Wildman–Crippen MR) is 114 cm³/mol. The quantitative estimate of drug-likeness (QED) is 0.547. The van der Waals surface area contributed by atoms with Crippen LogP contribution < -0.4 is 5.32 Å². The Bertz CT molecular complexity index is 1060. The first-order chi connectivity index (χ1) is 13.7. The van der Waals surface area contributed by atoms with Crippen molar-refractivity contribution in [3.05, 3.63) is 84.2 Å². The number of nitrogens with zero attached hydrogens (tertiary/aromatic N) is 4. The van der Waals surface area contributed by atoms with Crippen molar-refractivity contribution in [2.45, 2.75) is 13.1 Å². The van der Waals surface area contributed by atoms with Gasteiger partial charge < -0.3 is 10.2 Å². The largest absolute Gasteiger partial charge is 0.365 e. The van der Waals surface area contributed by atoms with Crippen LogP contribution in [0.25, 0.3) is 22.3 Å². The SMILES string of the molecule is CN(C)Cc1ccc(CNc2nc(-c3cccnc3)nc3ccccc23)cc1. The van der Waals surface area contributed by atoms with Gasteiger partial charge in [-0.3, -0.25) is 4.98 Å². The van der Waals surface area contributed by atoms with Crippen molar-refractivity contribution in [2.24, 2.45) is 0 Å². The normalized spacial score (nSPS) is 11.1. The van der Waals surface area contributed by atoms with E-state index in [-0.39, 0.29) is 0 Å². The molecule has 0 radical (unpaired) electrons. The molecule has 4 aromatic rings. The molecule has 4 rings (SSSR count). The van der Waals surface area contributed by atoms with Gasteiger partial charge in [0.05, 0.1) is 5.52 Å². The third kappa shape index (κ3) is 4.15. The molecular weight excluding hydrogens is 346 g/mol. The predicted octanol–water partition coefficient (Wildman–Crippen LogP) is 4.37. The molecule has 5 heteroatoms. The van der Waals surface area contributed by atoms with Crippen LogP contribution in [0.1, 0.15) is 11.1 Å². The van der Waals surface area contributed by atoms with E-state index in [0.717, 1.165) is 28.8 Å². The molecule has 140 valence electrons. The molecule has 1 N–H and O–H groups in total. The van der Waals surface area contributed by atoms with Crippen LogP contribution in [0, 0.1) is 0 Å². The summed E-state index contributed by atoms with van der Waals surface area (Å²) in [4.78, 5) is 15.8. The van der Waals surface area contributed by atoms with E-state index < -0.39 is 0 Å². The molecule has 0 atom stereocenters. The van der Waals surface area contributed by atoms with Crippen LogP contribution in [0.4, 0.5) is 5.82 Å². The number of hydrogen-bond acceptors (Lipinski definition) is 5. The summed E-state index contributed by atoms with van der Waals surface area (Å²) in [6.45, 7) is 1.65. The molecule has 0 saturated carbocycles. The second kappa shape index (κ2) is 8.15. The minimum absolute atomic E-state index is 0.677. The molecule has 28 heavy (non-hydrogen) atoms. The fourth-order valence-corrected chi connectivity index (χ4v) is 3.15. The van der Waals surface area contributed by atoms with Gasteiger partial charge in [0.25, 0.3) is 0 Å². The van der Waals surface area contributed by atoms with Crippen molar-refractivity contribution in [1.29, 1.82) is 0 Å². The van der Waals surface area contributed by atoms with Crippen LogP contribution in [-0.2, 0) is 13.1 Å². The van der Waals surface area contributed by atoms with Gasteiger partial charge in [0, 0.05) is 36.4 Å². The summed E-state index contributed by atoms with van der Waals surface area (Å²) in [6, 6.07) is 20.6. The topological polar surface area (TPSA) is 53.9 Å². The molecule has 0 aliphatic carbocycles.